The summed E-state index contributed by atoms with van der Waals surface area (Å²) in [4.78, 5) is 18.5. The lowest BCUT2D eigenvalue weighted by atomic mass is 10.2. The fraction of sp³-hybridized carbons (Fsp3) is 0.600. The quantitative estimate of drug-likeness (QED) is 0.381. The molecule has 0 saturated carbocycles. The first-order valence-corrected chi connectivity index (χ1v) is 5.76. The van der Waals surface area contributed by atoms with Gasteiger partial charge < -0.3 is 9.72 Å². The van der Waals surface area contributed by atoms with E-state index in [-0.39, 0.29) is 5.97 Å². The van der Waals surface area contributed by atoms with Crippen LogP contribution in [0, 0.1) is 0 Å². The molecule has 1 rings (SSSR count). The van der Waals surface area contributed by atoms with Crippen LogP contribution in [-0.2, 0) is 16.0 Å². The molecule has 0 spiro atoms. The van der Waals surface area contributed by atoms with Crippen LogP contribution in [-0.4, -0.2) is 28.6 Å². The Balaban J connectivity index is 2.38. The Bertz CT molecular complexity index is 303. The highest BCUT2D eigenvalue weighted by Gasteiger charge is 2.19. The molecule has 0 aromatic carbocycles. The zero-order valence-corrected chi connectivity index (χ0v) is 10.2. The van der Waals surface area contributed by atoms with Crippen molar-refractivity contribution in [3.05, 3.63) is 18.2 Å². The van der Waals surface area contributed by atoms with Crippen molar-refractivity contribution in [3.63, 3.8) is 0 Å². The maximum absolute atomic E-state index is 11.6. The number of esters is 1. The number of imidazole rings is 1. The van der Waals surface area contributed by atoms with Crippen molar-refractivity contribution in [2.75, 3.05) is 6.61 Å². The van der Waals surface area contributed by atoms with Crippen LogP contribution in [0.5, 0.6) is 0 Å². The number of thiol groups is 1. The Morgan fingerprint density at radius 3 is 3.12 bits per heavy atom. The minimum atomic E-state index is -0.455. The van der Waals surface area contributed by atoms with E-state index in [2.05, 4.69) is 27.5 Å². The highest BCUT2D eigenvalue weighted by atomic mass is 32.1. The third-order valence-electron chi connectivity index (χ3n) is 2.15. The molecular formula is C10H17N3O2S. The van der Waals surface area contributed by atoms with Crippen molar-refractivity contribution < 1.29 is 9.53 Å². The summed E-state index contributed by atoms with van der Waals surface area (Å²) in [6.45, 7) is 2.51. The second-order valence-electron chi connectivity index (χ2n) is 3.47. The third kappa shape index (κ3) is 4.24. The average molecular weight is 243 g/mol. The van der Waals surface area contributed by atoms with Gasteiger partial charge in [0.25, 0.3) is 0 Å². The van der Waals surface area contributed by atoms with E-state index in [4.69, 9.17) is 4.74 Å². The lowest BCUT2D eigenvalue weighted by Gasteiger charge is -2.13. The Morgan fingerprint density at radius 1 is 1.75 bits per heavy atom. The van der Waals surface area contributed by atoms with Crippen molar-refractivity contribution in [1.82, 2.24) is 14.7 Å². The maximum Gasteiger partial charge on any atom is 0.324 e. The molecule has 0 radical (unpaired) electrons. The van der Waals surface area contributed by atoms with E-state index >= 15 is 0 Å². The third-order valence-corrected chi connectivity index (χ3v) is 2.46. The van der Waals surface area contributed by atoms with Crippen LogP contribution in [0.25, 0.3) is 0 Å². The summed E-state index contributed by atoms with van der Waals surface area (Å²) in [6.07, 6.45) is 5.68. The minimum Gasteiger partial charge on any atom is -0.464 e. The molecule has 1 heterocycles. The van der Waals surface area contributed by atoms with Crippen LogP contribution in [0.3, 0.4) is 0 Å². The zero-order chi connectivity index (χ0) is 11.8. The Kier molecular flexibility index (Phi) is 5.95. The molecule has 0 bridgehead atoms. The summed E-state index contributed by atoms with van der Waals surface area (Å²) in [5.41, 5.74) is 0.805. The van der Waals surface area contributed by atoms with Crippen LogP contribution in [0.15, 0.2) is 12.5 Å². The van der Waals surface area contributed by atoms with Gasteiger partial charge in [0, 0.05) is 12.6 Å². The molecule has 0 saturated heterocycles. The number of nitrogens with zero attached hydrogens (tertiary/aromatic N) is 1. The molecule has 0 amide bonds. The van der Waals surface area contributed by atoms with Gasteiger partial charge in [-0.25, -0.2) is 4.98 Å². The number of hydrogen-bond donors (Lipinski definition) is 3. The number of rotatable bonds is 7. The van der Waals surface area contributed by atoms with Gasteiger partial charge in [-0.2, -0.15) is 0 Å². The standard InChI is InChI=1S/C10H17N3O2S/c1-2-3-4-15-10(14)9(13-16)5-8-6-11-7-12-8/h6-7,9,13,16H,2-5H2,1H3,(H,11,12)/t9-/m0/s1. The summed E-state index contributed by atoms with van der Waals surface area (Å²) >= 11 is 3.92. The van der Waals surface area contributed by atoms with Gasteiger partial charge in [-0.05, 0) is 6.42 Å². The molecule has 0 unspecified atom stereocenters. The van der Waals surface area contributed by atoms with E-state index in [0.717, 1.165) is 18.5 Å². The summed E-state index contributed by atoms with van der Waals surface area (Å²) in [5, 5.41) is 0. The van der Waals surface area contributed by atoms with Crippen molar-refractivity contribution in [1.29, 1.82) is 0 Å². The van der Waals surface area contributed by atoms with E-state index in [1.807, 2.05) is 6.92 Å². The minimum absolute atomic E-state index is 0.286. The molecule has 1 aromatic rings. The van der Waals surface area contributed by atoms with Gasteiger partial charge in [-0.1, -0.05) is 26.2 Å². The monoisotopic (exact) mass is 243 g/mol. The van der Waals surface area contributed by atoms with Gasteiger partial charge in [0.05, 0.1) is 18.6 Å². The number of aromatic amines is 1. The second-order valence-corrected chi connectivity index (χ2v) is 3.73. The molecule has 5 nitrogen and oxygen atoms in total. The highest BCUT2D eigenvalue weighted by molar-refractivity contribution is 7.78. The van der Waals surface area contributed by atoms with Crippen LogP contribution < -0.4 is 4.72 Å². The largest absolute Gasteiger partial charge is 0.464 e. The van der Waals surface area contributed by atoms with Crippen molar-refractivity contribution >= 4 is 18.8 Å². The molecule has 0 aliphatic heterocycles. The Morgan fingerprint density at radius 2 is 2.56 bits per heavy atom. The molecule has 16 heavy (non-hydrogen) atoms. The summed E-state index contributed by atoms with van der Waals surface area (Å²) in [5.74, 6) is -0.286. The molecule has 6 heteroatoms. The average Bonchev–Trinajstić information content (AvgIpc) is 2.78. The number of carbonyl (C=O) groups is 1. The molecular weight excluding hydrogens is 226 g/mol. The normalized spacial score (nSPS) is 12.4. The van der Waals surface area contributed by atoms with Gasteiger partial charge in [-0.15, -0.1) is 0 Å². The van der Waals surface area contributed by atoms with E-state index in [1.54, 1.807) is 12.5 Å². The number of nitrogens with one attached hydrogen (secondary N) is 2. The van der Waals surface area contributed by atoms with E-state index < -0.39 is 6.04 Å². The fourth-order valence-electron chi connectivity index (χ4n) is 1.21. The first kappa shape index (κ1) is 13.1. The predicted octanol–water partition coefficient (Wildman–Crippen LogP) is 1.10. The number of aromatic nitrogens is 2. The van der Waals surface area contributed by atoms with E-state index in [9.17, 15) is 4.79 Å². The number of hydrogen-bond acceptors (Lipinski definition) is 5. The van der Waals surface area contributed by atoms with Gasteiger partial charge in [0.1, 0.15) is 6.04 Å². The maximum atomic E-state index is 11.6. The predicted molar refractivity (Wildman–Crippen MR) is 64.1 cm³/mol. The summed E-state index contributed by atoms with van der Waals surface area (Å²) in [6, 6.07) is -0.455. The molecule has 0 aliphatic carbocycles. The van der Waals surface area contributed by atoms with Crippen molar-refractivity contribution in [2.45, 2.75) is 32.2 Å². The molecule has 2 N–H and O–H groups in total. The Labute approximate surface area is 101 Å². The molecule has 1 aromatic heterocycles. The number of H-pyrrole nitrogens is 1. The Hall–Kier alpha value is -1.01. The zero-order valence-electron chi connectivity index (χ0n) is 9.27. The number of carbonyl (C=O) groups excluding carboxylic acids is 1. The second kappa shape index (κ2) is 7.29. The van der Waals surface area contributed by atoms with Crippen LogP contribution in [0.2, 0.25) is 0 Å². The van der Waals surface area contributed by atoms with Gasteiger partial charge in [0.2, 0.25) is 0 Å². The summed E-state index contributed by atoms with van der Waals surface area (Å²) < 4.78 is 7.73. The van der Waals surface area contributed by atoms with Crippen molar-refractivity contribution in [2.24, 2.45) is 0 Å². The lowest BCUT2D eigenvalue weighted by molar-refractivity contribution is -0.145. The molecule has 0 fully saturated rings. The summed E-state index contributed by atoms with van der Waals surface area (Å²) in [7, 11) is 0. The smallest absolute Gasteiger partial charge is 0.324 e. The first-order valence-electron chi connectivity index (χ1n) is 5.31. The lowest BCUT2D eigenvalue weighted by Crippen LogP contribution is -2.35. The van der Waals surface area contributed by atoms with Crippen LogP contribution in [0.4, 0.5) is 0 Å². The number of ether oxygens (including phenoxy) is 1. The SMILES string of the molecule is CCCCOC(=O)[C@H](Cc1c[nH]cn1)NS. The molecule has 90 valence electrons. The molecule has 1 atom stereocenters. The highest BCUT2D eigenvalue weighted by Crippen LogP contribution is 2.02. The van der Waals surface area contributed by atoms with Gasteiger partial charge in [-0.3, -0.25) is 9.52 Å². The van der Waals surface area contributed by atoms with Gasteiger partial charge in [0.15, 0.2) is 0 Å². The van der Waals surface area contributed by atoms with Crippen molar-refractivity contribution in [3.8, 4) is 0 Å². The first-order chi connectivity index (χ1) is 7.77. The van der Waals surface area contributed by atoms with Gasteiger partial charge >= 0.3 is 5.97 Å². The number of unbranched alkanes of at least 4 members (excludes halogenated alkanes) is 1. The van der Waals surface area contributed by atoms with Crippen LogP contribution in [0.1, 0.15) is 25.5 Å². The fourth-order valence-corrected chi connectivity index (χ4v) is 1.41. The van der Waals surface area contributed by atoms with E-state index in [0.29, 0.717) is 13.0 Å². The topological polar surface area (TPSA) is 67.0 Å². The molecule has 0 aliphatic rings. The van der Waals surface area contributed by atoms with E-state index in [1.165, 1.54) is 0 Å². The van der Waals surface area contributed by atoms with Crippen LogP contribution >= 0.6 is 12.8 Å².